The summed E-state index contributed by atoms with van der Waals surface area (Å²) in [5.41, 5.74) is 2.34. The van der Waals surface area contributed by atoms with Gasteiger partial charge in [0.25, 0.3) is 0 Å². The van der Waals surface area contributed by atoms with Gasteiger partial charge < -0.3 is 20.2 Å². The largest absolute Gasteiger partial charge is 0.390 e. The standard InChI is InChI=1S/C15H25N5O2/c1-18(2)13-8-20(9-14(13)21)15(22)16-7-12-11(10-4-5-10)6-17-19(12)3/h6,10,13-14,21H,4-5,7-9H2,1-3H3,(H,16,22)/t13-,14-/m0/s1. The SMILES string of the molecule is CN(C)[C@H]1CN(C(=O)NCc2c(C3CC3)cnn2C)C[C@@H]1O. The Kier molecular flexibility index (Phi) is 4.10. The molecule has 22 heavy (non-hydrogen) atoms. The number of nitrogens with zero attached hydrogens (tertiary/aromatic N) is 4. The number of amides is 2. The van der Waals surface area contributed by atoms with Crippen molar-refractivity contribution in [1.29, 1.82) is 0 Å². The van der Waals surface area contributed by atoms with E-state index in [4.69, 9.17) is 0 Å². The highest BCUT2D eigenvalue weighted by atomic mass is 16.3. The second-order valence-electron chi connectivity index (χ2n) is 6.61. The number of carbonyl (C=O) groups excluding carboxylic acids is 1. The fraction of sp³-hybridized carbons (Fsp3) is 0.733. The molecule has 7 heteroatoms. The molecule has 122 valence electrons. The van der Waals surface area contributed by atoms with Crippen molar-refractivity contribution in [1.82, 2.24) is 24.9 Å². The Morgan fingerprint density at radius 1 is 1.45 bits per heavy atom. The molecule has 1 aromatic heterocycles. The van der Waals surface area contributed by atoms with Crippen LogP contribution in [0.2, 0.25) is 0 Å². The lowest BCUT2D eigenvalue weighted by Gasteiger charge is -2.21. The summed E-state index contributed by atoms with van der Waals surface area (Å²) in [6.45, 7) is 1.43. The van der Waals surface area contributed by atoms with Gasteiger partial charge in [-0.3, -0.25) is 4.68 Å². The van der Waals surface area contributed by atoms with Crippen LogP contribution in [0.25, 0.3) is 0 Å². The Morgan fingerprint density at radius 3 is 2.77 bits per heavy atom. The Balaban J connectivity index is 1.58. The summed E-state index contributed by atoms with van der Waals surface area (Å²) in [7, 11) is 5.76. The lowest BCUT2D eigenvalue weighted by molar-refractivity contribution is 0.113. The number of aryl methyl sites for hydroxylation is 1. The molecule has 2 fully saturated rings. The molecule has 0 spiro atoms. The van der Waals surface area contributed by atoms with Crippen molar-refractivity contribution < 1.29 is 9.90 Å². The van der Waals surface area contributed by atoms with Crippen LogP contribution in [0.3, 0.4) is 0 Å². The van der Waals surface area contributed by atoms with E-state index < -0.39 is 6.10 Å². The number of hydrogen-bond acceptors (Lipinski definition) is 4. The molecule has 1 saturated heterocycles. The zero-order chi connectivity index (χ0) is 15.9. The number of likely N-dealkylation sites (tertiary alicyclic amines) is 1. The van der Waals surface area contributed by atoms with Crippen LogP contribution < -0.4 is 5.32 Å². The third-order valence-corrected chi connectivity index (χ3v) is 4.73. The third-order valence-electron chi connectivity index (χ3n) is 4.73. The second-order valence-corrected chi connectivity index (χ2v) is 6.61. The van der Waals surface area contributed by atoms with Gasteiger partial charge in [0.15, 0.2) is 0 Å². The van der Waals surface area contributed by atoms with E-state index in [9.17, 15) is 9.90 Å². The summed E-state index contributed by atoms with van der Waals surface area (Å²) < 4.78 is 1.84. The van der Waals surface area contributed by atoms with Gasteiger partial charge in [0, 0.05) is 20.1 Å². The molecule has 0 bridgehead atoms. The lowest BCUT2D eigenvalue weighted by atomic mass is 10.1. The van der Waals surface area contributed by atoms with E-state index in [1.54, 1.807) is 4.90 Å². The highest BCUT2D eigenvalue weighted by Crippen LogP contribution is 2.41. The van der Waals surface area contributed by atoms with Crippen LogP contribution >= 0.6 is 0 Å². The normalized spacial score (nSPS) is 25.0. The molecule has 1 aliphatic carbocycles. The van der Waals surface area contributed by atoms with Crippen LogP contribution in [0.4, 0.5) is 4.79 Å². The number of urea groups is 1. The van der Waals surface area contributed by atoms with Crippen LogP contribution in [0.1, 0.15) is 30.0 Å². The maximum Gasteiger partial charge on any atom is 0.317 e. The Bertz CT molecular complexity index is 552. The van der Waals surface area contributed by atoms with E-state index in [2.05, 4.69) is 10.4 Å². The van der Waals surface area contributed by atoms with E-state index in [-0.39, 0.29) is 12.1 Å². The average molecular weight is 307 g/mol. The third kappa shape index (κ3) is 2.96. The van der Waals surface area contributed by atoms with Crippen molar-refractivity contribution in [2.45, 2.75) is 37.5 Å². The van der Waals surface area contributed by atoms with Gasteiger partial charge in [0.05, 0.1) is 30.6 Å². The number of carbonyl (C=O) groups is 1. The highest BCUT2D eigenvalue weighted by molar-refractivity contribution is 5.74. The summed E-state index contributed by atoms with van der Waals surface area (Å²) in [5, 5.41) is 17.3. The topological polar surface area (TPSA) is 73.6 Å². The molecule has 2 atom stereocenters. The zero-order valence-corrected chi connectivity index (χ0v) is 13.5. The predicted molar refractivity (Wildman–Crippen MR) is 82.5 cm³/mol. The summed E-state index contributed by atoms with van der Waals surface area (Å²) >= 11 is 0. The van der Waals surface area contributed by atoms with Gasteiger partial charge in [-0.25, -0.2) is 4.79 Å². The minimum Gasteiger partial charge on any atom is -0.390 e. The van der Waals surface area contributed by atoms with E-state index in [1.165, 1.54) is 18.4 Å². The van der Waals surface area contributed by atoms with Crippen molar-refractivity contribution in [2.24, 2.45) is 7.05 Å². The first-order valence-electron chi connectivity index (χ1n) is 7.85. The van der Waals surface area contributed by atoms with E-state index >= 15 is 0 Å². The summed E-state index contributed by atoms with van der Waals surface area (Å²) in [5.74, 6) is 0.618. The Hall–Kier alpha value is -1.60. The molecule has 2 aliphatic rings. The van der Waals surface area contributed by atoms with Crippen molar-refractivity contribution in [3.63, 3.8) is 0 Å². The second kappa shape index (κ2) is 5.89. The fourth-order valence-electron chi connectivity index (χ4n) is 3.15. The number of β-amino-alcohol motifs (C(OH)–C–C–N with tert-alkyl or cyclic N) is 1. The van der Waals surface area contributed by atoms with E-state index in [0.29, 0.717) is 25.6 Å². The molecule has 0 aromatic carbocycles. The smallest absolute Gasteiger partial charge is 0.317 e. The summed E-state index contributed by atoms with van der Waals surface area (Å²) in [4.78, 5) is 16.0. The van der Waals surface area contributed by atoms with Crippen LogP contribution in [-0.4, -0.2) is 70.0 Å². The van der Waals surface area contributed by atoms with Crippen LogP contribution in [-0.2, 0) is 13.6 Å². The average Bonchev–Trinajstić information content (AvgIpc) is 3.13. The number of hydrogen-bond donors (Lipinski definition) is 2. The first-order valence-corrected chi connectivity index (χ1v) is 7.85. The molecule has 1 aromatic rings. The molecule has 0 radical (unpaired) electrons. The Labute approximate surface area is 130 Å². The number of aromatic nitrogens is 2. The van der Waals surface area contributed by atoms with Crippen molar-refractivity contribution in [3.8, 4) is 0 Å². The zero-order valence-electron chi connectivity index (χ0n) is 13.5. The number of aliphatic hydroxyl groups excluding tert-OH is 1. The molecule has 2 amide bonds. The number of nitrogens with one attached hydrogen (secondary N) is 1. The van der Waals surface area contributed by atoms with Crippen molar-refractivity contribution >= 4 is 6.03 Å². The van der Waals surface area contributed by atoms with Gasteiger partial charge in [-0.2, -0.15) is 5.10 Å². The molecular weight excluding hydrogens is 282 g/mol. The summed E-state index contributed by atoms with van der Waals surface area (Å²) in [6.07, 6.45) is 3.87. The van der Waals surface area contributed by atoms with Gasteiger partial charge in [0.2, 0.25) is 0 Å². The van der Waals surface area contributed by atoms with E-state index in [1.807, 2.05) is 36.9 Å². The van der Waals surface area contributed by atoms with Crippen LogP contribution in [0, 0.1) is 0 Å². The first-order chi connectivity index (χ1) is 10.5. The fourth-order valence-corrected chi connectivity index (χ4v) is 3.15. The predicted octanol–water partition coefficient (Wildman–Crippen LogP) is 0.114. The minimum atomic E-state index is -0.487. The van der Waals surface area contributed by atoms with Crippen LogP contribution in [0.15, 0.2) is 6.20 Å². The molecule has 3 rings (SSSR count). The minimum absolute atomic E-state index is 0.00415. The number of likely N-dealkylation sites (N-methyl/N-ethyl adjacent to an activating group) is 1. The summed E-state index contributed by atoms with van der Waals surface area (Å²) in [6, 6.07) is -0.115. The maximum atomic E-state index is 12.3. The maximum absolute atomic E-state index is 12.3. The van der Waals surface area contributed by atoms with Crippen molar-refractivity contribution in [3.05, 3.63) is 17.5 Å². The van der Waals surface area contributed by atoms with Crippen molar-refractivity contribution in [2.75, 3.05) is 27.2 Å². The van der Waals surface area contributed by atoms with Gasteiger partial charge in [0.1, 0.15) is 0 Å². The van der Waals surface area contributed by atoms with Gasteiger partial charge in [-0.05, 0) is 38.4 Å². The number of aliphatic hydroxyl groups is 1. The molecule has 2 N–H and O–H groups in total. The molecule has 1 aliphatic heterocycles. The number of rotatable bonds is 4. The van der Waals surface area contributed by atoms with Gasteiger partial charge >= 0.3 is 6.03 Å². The quantitative estimate of drug-likeness (QED) is 0.828. The monoisotopic (exact) mass is 307 g/mol. The molecule has 7 nitrogen and oxygen atoms in total. The van der Waals surface area contributed by atoms with Gasteiger partial charge in [-0.15, -0.1) is 0 Å². The molecule has 2 heterocycles. The van der Waals surface area contributed by atoms with Gasteiger partial charge in [-0.1, -0.05) is 0 Å². The molecular formula is C15H25N5O2. The van der Waals surface area contributed by atoms with E-state index in [0.717, 1.165) is 5.69 Å². The Morgan fingerprint density at radius 2 is 2.18 bits per heavy atom. The lowest BCUT2D eigenvalue weighted by Crippen LogP contribution is -2.41. The first kappa shape index (κ1) is 15.3. The molecule has 1 saturated carbocycles. The highest BCUT2D eigenvalue weighted by Gasteiger charge is 2.35. The molecule has 0 unspecified atom stereocenters. The van der Waals surface area contributed by atoms with Crippen LogP contribution in [0.5, 0.6) is 0 Å².